The third kappa shape index (κ3) is 3.37. The zero-order chi connectivity index (χ0) is 17.0. The summed E-state index contributed by atoms with van der Waals surface area (Å²) in [6.45, 7) is 3.81. The number of nitrogens with zero attached hydrogens (tertiary/aromatic N) is 1. The number of carbonyl (C=O) groups is 1. The van der Waals surface area contributed by atoms with Gasteiger partial charge in [-0.15, -0.1) is 0 Å². The van der Waals surface area contributed by atoms with Gasteiger partial charge in [0, 0.05) is 6.54 Å². The fourth-order valence-corrected chi connectivity index (χ4v) is 3.86. The second-order valence-corrected chi connectivity index (χ2v) is 6.84. The molecule has 0 aliphatic heterocycles. The molecule has 2 rings (SSSR count). The summed E-state index contributed by atoms with van der Waals surface area (Å²) in [4.78, 5) is 11.9. The Labute approximate surface area is 136 Å². The molecule has 5 nitrogen and oxygen atoms in total. The van der Waals surface area contributed by atoms with E-state index in [2.05, 4.69) is 0 Å². The van der Waals surface area contributed by atoms with Crippen LogP contribution < -0.4 is 4.31 Å². The van der Waals surface area contributed by atoms with Crippen LogP contribution in [0.15, 0.2) is 53.4 Å². The van der Waals surface area contributed by atoms with E-state index in [0.717, 1.165) is 5.56 Å². The van der Waals surface area contributed by atoms with Gasteiger partial charge in [-0.3, -0.25) is 4.31 Å². The van der Waals surface area contributed by atoms with Crippen LogP contribution in [-0.2, 0) is 14.8 Å². The van der Waals surface area contributed by atoms with Crippen LogP contribution in [0, 0.1) is 6.92 Å². The smallest absolute Gasteiger partial charge is 0.337 e. The molecule has 0 amide bonds. The number of hydrogen-bond acceptors (Lipinski definition) is 4. The van der Waals surface area contributed by atoms with Crippen LogP contribution in [-0.4, -0.2) is 28.0 Å². The summed E-state index contributed by atoms with van der Waals surface area (Å²) in [5.74, 6) is -0.501. The van der Waals surface area contributed by atoms with E-state index in [-0.39, 0.29) is 11.4 Å². The van der Waals surface area contributed by atoms with Crippen LogP contribution in [0.1, 0.15) is 22.8 Å². The molecule has 23 heavy (non-hydrogen) atoms. The van der Waals surface area contributed by atoms with E-state index in [1.165, 1.54) is 11.4 Å². The van der Waals surface area contributed by atoms with Crippen molar-refractivity contribution in [2.24, 2.45) is 0 Å². The fraction of sp³-hybridized carbons (Fsp3) is 0.235. The maximum atomic E-state index is 12.9. The highest BCUT2D eigenvalue weighted by Crippen LogP contribution is 2.28. The van der Waals surface area contributed by atoms with Crippen molar-refractivity contribution >= 4 is 21.7 Å². The topological polar surface area (TPSA) is 63.7 Å². The number of rotatable bonds is 5. The summed E-state index contributed by atoms with van der Waals surface area (Å²) < 4.78 is 31.8. The van der Waals surface area contributed by atoms with Gasteiger partial charge in [-0.25, -0.2) is 13.2 Å². The number of benzene rings is 2. The number of carbonyl (C=O) groups excluding carboxylic acids is 1. The van der Waals surface area contributed by atoms with Gasteiger partial charge in [0.05, 0.1) is 23.3 Å². The number of sulfonamides is 1. The fourth-order valence-electron chi connectivity index (χ4n) is 2.31. The third-order valence-electron chi connectivity index (χ3n) is 3.52. The van der Waals surface area contributed by atoms with Gasteiger partial charge in [0.15, 0.2) is 0 Å². The molecule has 0 saturated carbocycles. The van der Waals surface area contributed by atoms with E-state index in [0.29, 0.717) is 11.3 Å². The largest absolute Gasteiger partial charge is 0.465 e. The molecule has 2 aromatic carbocycles. The summed E-state index contributed by atoms with van der Waals surface area (Å²) in [5.41, 5.74) is 1.55. The van der Waals surface area contributed by atoms with Crippen molar-refractivity contribution < 1.29 is 17.9 Å². The lowest BCUT2D eigenvalue weighted by Crippen LogP contribution is -2.31. The molecule has 122 valence electrons. The Kier molecular flexibility index (Phi) is 5.05. The third-order valence-corrected chi connectivity index (χ3v) is 5.42. The van der Waals surface area contributed by atoms with Crippen molar-refractivity contribution in [2.45, 2.75) is 18.7 Å². The van der Waals surface area contributed by atoms with E-state index in [9.17, 15) is 13.2 Å². The average molecular weight is 333 g/mol. The number of anilines is 1. The number of methoxy groups -OCH3 is 1. The summed E-state index contributed by atoms with van der Waals surface area (Å²) >= 11 is 0. The van der Waals surface area contributed by atoms with Crippen LogP contribution in [0.3, 0.4) is 0 Å². The van der Waals surface area contributed by atoms with Crippen LogP contribution in [0.2, 0.25) is 0 Å². The van der Waals surface area contributed by atoms with E-state index in [1.807, 2.05) is 0 Å². The van der Waals surface area contributed by atoms with E-state index >= 15 is 0 Å². The minimum Gasteiger partial charge on any atom is -0.465 e. The molecule has 0 unspecified atom stereocenters. The molecule has 0 heterocycles. The van der Waals surface area contributed by atoms with E-state index in [1.54, 1.807) is 62.4 Å². The Bertz CT molecular complexity index is 801. The predicted molar refractivity (Wildman–Crippen MR) is 89.2 cm³/mol. The lowest BCUT2D eigenvalue weighted by molar-refractivity contribution is 0.0600. The zero-order valence-corrected chi connectivity index (χ0v) is 14.1. The Morgan fingerprint density at radius 2 is 1.78 bits per heavy atom. The molecule has 0 aromatic heterocycles. The first-order valence-corrected chi connectivity index (χ1v) is 8.62. The van der Waals surface area contributed by atoms with Crippen LogP contribution >= 0.6 is 0 Å². The molecule has 2 aromatic rings. The van der Waals surface area contributed by atoms with Gasteiger partial charge in [0.25, 0.3) is 10.0 Å². The summed E-state index contributed by atoms with van der Waals surface area (Å²) in [6, 6.07) is 13.1. The summed E-state index contributed by atoms with van der Waals surface area (Å²) in [5, 5.41) is 0. The molecule has 0 spiro atoms. The highest BCUT2D eigenvalue weighted by Gasteiger charge is 2.25. The molecule has 0 bridgehead atoms. The maximum Gasteiger partial charge on any atom is 0.337 e. The van der Waals surface area contributed by atoms with Crippen molar-refractivity contribution in [3.05, 3.63) is 59.7 Å². The highest BCUT2D eigenvalue weighted by atomic mass is 32.2. The first-order valence-electron chi connectivity index (χ1n) is 7.18. The molecule has 6 heteroatoms. The standard InChI is InChI=1S/C17H19NO4S/c1-4-18(23(20,21)15-8-6-5-7-9-15)16-12-14(17(19)22-3)11-10-13(16)2/h5-12H,4H2,1-3H3. The maximum absolute atomic E-state index is 12.9. The highest BCUT2D eigenvalue weighted by molar-refractivity contribution is 7.92. The molecular formula is C17H19NO4S. The van der Waals surface area contributed by atoms with Crippen molar-refractivity contribution in [1.82, 2.24) is 0 Å². The van der Waals surface area contributed by atoms with E-state index < -0.39 is 16.0 Å². The van der Waals surface area contributed by atoms with Crippen molar-refractivity contribution in [3.8, 4) is 0 Å². The van der Waals surface area contributed by atoms with Gasteiger partial charge in [0.2, 0.25) is 0 Å². The molecular weight excluding hydrogens is 314 g/mol. The lowest BCUT2D eigenvalue weighted by atomic mass is 10.1. The first kappa shape index (κ1) is 17.0. The summed E-state index contributed by atoms with van der Waals surface area (Å²) in [6.07, 6.45) is 0. The number of esters is 1. The van der Waals surface area contributed by atoms with Gasteiger partial charge in [-0.05, 0) is 43.7 Å². The lowest BCUT2D eigenvalue weighted by Gasteiger charge is -2.25. The molecule has 0 radical (unpaired) electrons. The van der Waals surface area contributed by atoms with Crippen molar-refractivity contribution in [1.29, 1.82) is 0 Å². The van der Waals surface area contributed by atoms with Gasteiger partial charge >= 0.3 is 5.97 Å². The monoisotopic (exact) mass is 333 g/mol. The Morgan fingerprint density at radius 1 is 1.13 bits per heavy atom. The minimum absolute atomic E-state index is 0.213. The number of ether oxygens (including phenoxy) is 1. The molecule has 0 aliphatic rings. The Hall–Kier alpha value is -2.34. The number of hydrogen-bond donors (Lipinski definition) is 0. The molecule has 0 atom stereocenters. The molecule has 0 fully saturated rings. The van der Waals surface area contributed by atoms with Crippen LogP contribution in [0.25, 0.3) is 0 Å². The quantitative estimate of drug-likeness (QED) is 0.789. The van der Waals surface area contributed by atoms with Crippen molar-refractivity contribution in [3.63, 3.8) is 0 Å². The zero-order valence-electron chi connectivity index (χ0n) is 13.3. The summed E-state index contributed by atoms with van der Waals surface area (Å²) in [7, 11) is -2.40. The second kappa shape index (κ2) is 6.83. The van der Waals surface area contributed by atoms with Gasteiger partial charge in [-0.1, -0.05) is 24.3 Å². The molecule has 0 saturated heterocycles. The van der Waals surface area contributed by atoms with Crippen LogP contribution in [0.4, 0.5) is 5.69 Å². The predicted octanol–water partition coefficient (Wildman–Crippen LogP) is 3.00. The minimum atomic E-state index is -3.69. The Morgan fingerprint density at radius 3 is 2.35 bits per heavy atom. The van der Waals surface area contributed by atoms with Gasteiger partial charge in [-0.2, -0.15) is 0 Å². The normalized spacial score (nSPS) is 11.1. The van der Waals surface area contributed by atoms with Crippen molar-refractivity contribution in [2.75, 3.05) is 18.0 Å². The SMILES string of the molecule is CCN(c1cc(C(=O)OC)ccc1C)S(=O)(=O)c1ccccc1. The Balaban J connectivity index is 2.56. The van der Waals surface area contributed by atoms with Gasteiger partial charge in [0.1, 0.15) is 0 Å². The first-order chi connectivity index (χ1) is 10.9. The molecule has 0 N–H and O–H groups in total. The number of aryl methyl sites for hydroxylation is 1. The second-order valence-electron chi connectivity index (χ2n) is 4.98. The average Bonchev–Trinajstić information content (AvgIpc) is 2.57. The molecule has 0 aliphatic carbocycles. The van der Waals surface area contributed by atoms with Gasteiger partial charge < -0.3 is 4.74 Å². The van der Waals surface area contributed by atoms with E-state index in [4.69, 9.17) is 4.74 Å². The van der Waals surface area contributed by atoms with Crippen LogP contribution in [0.5, 0.6) is 0 Å².